The minimum absolute atomic E-state index is 0.0180. The molecule has 0 bridgehead atoms. The van der Waals surface area contributed by atoms with Gasteiger partial charge in [0.2, 0.25) is 5.91 Å². The first kappa shape index (κ1) is 20.2. The Bertz CT molecular complexity index is 1200. The quantitative estimate of drug-likeness (QED) is 0.651. The number of amides is 3. The van der Waals surface area contributed by atoms with Gasteiger partial charge in [0.1, 0.15) is 24.0 Å². The van der Waals surface area contributed by atoms with Gasteiger partial charge in [0.05, 0.1) is 12.2 Å². The highest BCUT2D eigenvalue weighted by molar-refractivity contribution is 5.92. The smallest absolute Gasteiger partial charge is 0.323 e. The zero-order chi connectivity index (χ0) is 22.2. The molecule has 2 aliphatic rings. The maximum Gasteiger partial charge on any atom is 0.323 e. The lowest BCUT2D eigenvalue weighted by atomic mass is 10.0. The lowest BCUT2D eigenvalue weighted by Crippen LogP contribution is -2.51. The average molecular weight is 441 g/mol. The first-order valence-electron chi connectivity index (χ1n) is 10.4. The molecule has 3 amide bonds. The van der Waals surface area contributed by atoms with E-state index in [2.05, 4.69) is 20.7 Å². The number of hydrogen-bond acceptors (Lipinski definition) is 5. The number of nitrogens with one attached hydrogen (secondary N) is 2. The fraction of sp³-hybridized carbons (Fsp3) is 0.333. The third kappa shape index (κ3) is 3.70. The summed E-state index contributed by atoms with van der Waals surface area (Å²) < 4.78 is 29.7. The summed E-state index contributed by atoms with van der Waals surface area (Å²) in [6.07, 6.45) is 2.97. The van der Waals surface area contributed by atoms with Crippen LogP contribution >= 0.6 is 0 Å². The number of aromatic nitrogens is 3. The highest BCUT2D eigenvalue weighted by atomic mass is 19.1. The Morgan fingerprint density at radius 1 is 1.19 bits per heavy atom. The van der Waals surface area contributed by atoms with Crippen LogP contribution in [0, 0.1) is 11.6 Å². The topological polar surface area (TPSA) is 94.9 Å². The molecule has 1 unspecified atom stereocenters. The van der Waals surface area contributed by atoms with Crippen LogP contribution in [-0.2, 0) is 4.79 Å². The average Bonchev–Trinajstić information content (AvgIpc) is 3.42. The number of rotatable bonds is 3. The van der Waals surface area contributed by atoms with E-state index in [0.29, 0.717) is 48.9 Å². The summed E-state index contributed by atoms with van der Waals surface area (Å²) >= 11 is 0. The SMILES string of the molecule is O=C1CN(C(=O)Nc2cnc3ccc(N4CCCC4c4cc(F)ccc4F)nn23)CCN1. The summed E-state index contributed by atoms with van der Waals surface area (Å²) in [4.78, 5) is 31.7. The molecular formula is C21H21F2N7O2. The molecule has 1 atom stereocenters. The Labute approximate surface area is 182 Å². The summed E-state index contributed by atoms with van der Waals surface area (Å²) in [5.74, 6) is -0.233. The van der Waals surface area contributed by atoms with Crippen molar-refractivity contribution < 1.29 is 18.4 Å². The maximum absolute atomic E-state index is 14.4. The predicted octanol–water partition coefficient (Wildman–Crippen LogP) is 2.31. The van der Waals surface area contributed by atoms with E-state index in [1.54, 1.807) is 12.1 Å². The molecule has 32 heavy (non-hydrogen) atoms. The molecule has 166 valence electrons. The molecule has 0 radical (unpaired) electrons. The molecule has 2 aromatic heterocycles. The second-order valence-corrected chi connectivity index (χ2v) is 7.82. The second kappa shape index (κ2) is 8.06. The number of halogens is 2. The van der Waals surface area contributed by atoms with Crippen molar-refractivity contribution in [3.63, 3.8) is 0 Å². The molecule has 9 nitrogen and oxygen atoms in total. The van der Waals surface area contributed by atoms with Crippen LogP contribution in [0.1, 0.15) is 24.4 Å². The molecule has 4 heterocycles. The van der Waals surface area contributed by atoms with Gasteiger partial charge in [-0.25, -0.2) is 18.6 Å². The molecule has 2 N–H and O–H groups in total. The molecular weight excluding hydrogens is 420 g/mol. The van der Waals surface area contributed by atoms with Gasteiger partial charge in [-0.2, -0.15) is 4.52 Å². The van der Waals surface area contributed by atoms with Crippen LogP contribution in [0.15, 0.2) is 36.5 Å². The second-order valence-electron chi connectivity index (χ2n) is 7.82. The molecule has 3 aromatic rings. The summed E-state index contributed by atoms with van der Waals surface area (Å²) in [6.45, 7) is 1.42. The highest BCUT2D eigenvalue weighted by Gasteiger charge is 2.30. The van der Waals surface area contributed by atoms with Crippen LogP contribution in [0.4, 0.5) is 25.2 Å². The Morgan fingerprint density at radius 3 is 2.91 bits per heavy atom. The van der Waals surface area contributed by atoms with E-state index in [0.717, 1.165) is 18.6 Å². The fourth-order valence-corrected chi connectivity index (χ4v) is 4.24. The number of hydrogen-bond donors (Lipinski definition) is 2. The third-order valence-corrected chi connectivity index (χ3v) is 5.77. The van der Waals surface area contributed by atoms with E-state index in [1.165, 1.54) is 21.7 Å². The first-order valence-corrected chi connectivity index (χ1v) is 10.4. The molecule has 11 heteroatoms. The highest BCUT2D eigenvalue weighted by Crippen LogP contribution is 2.36. The molecule has 0 saturated carbocycles. The number of carbonyl (C=O) groups is 2. The Hall–Kier alpha value is -3.76. The number of urea groups is 1. The summed E-state index contributed by atoms with van der Waals surface area (Å²) in [5, 5.41) is 10.0. The molecule has 0 spiro atoms. The number of benzene rings is 1. The van der Waals surface area contributed by atoms with Crippen molar-refractivity contribution in [1.82, 2.24) is 24.8 Å². The van der Waals surface area contributed by atoms with Gasteiger partial charge in [0.25, 0.3) is 0 Å². The molecule has 0 aliphatic carbocycles. The van der Waals surface area contributed by atoms with Gasteiger partial charge in [-0.15, -0.1) is 5.10 Å². The van der Waals surface area contributed by atoms with Gasteiger partial charge in [-0.3, -0.25) is 10.1 Å². The Kier molecular flexibility index (Phi) is 5.08. The van der Waals surface area contributed by atoms with Crippen molar-refractivity contribution in [2.45, 2.75) is 18.9 Å². The molecule has 2 aliphatic heterocycles. The Morgan fingerprint density at radius 2 is 2.06 bits per heavy atom. The molecule has 1 aromatic carbocycles. The number of anilines is 2. The molecule has 2 saturated heterocycles. The van der Waals surface area contributed by atoms with Crippen LogP contribution in [0.2, 0.25) is 0 Å². The summed E-state index contributed by atoms with van der Waals surface area (Å²) in [5.41, 5.74) is 0.819. The third-order valence-electron chi connectivity index (χ3n) is 5.77. The zero-order valence-electron chi connectivity index (χ0n) is 17.1. The van der Waals surface area contributed by atoms with Gasteiger partial charge in [0.15, 0.2) is 11.5 Å². The minimum atomic E-state index is -0.484. The van der Waals surface area contributed by atoms with Crippen molar-refractivity contribution in [3.05, 3.63) is 53.7 Å². The summed E-state index contributed by atoms with van der Waals surface area (Å²) in [7, 11) is 0. The number of imidazole rings is 1. The van der Waals surface area contributed by atoms with E-state index >= 15 is 0 Å². The van der Waals surface area contributed by atoms with E-state index in [1.807, 2.05) is 4.90 Å². The van der Waals surface area contributed by atoms with Crippen molar-refractivity contribution in [2.75, 3.05) is 36.4 Å². The van der Waals surface area contributed by atoms with Crippen molar-refractivity contribution in [3.8, 4) is 0 Å². The molecule has 2 fully saturated rings. The number of carbonyl (C=O) groups excluding carboxylic acids is 2. The van der Waals surface area contributed by atoms with Gasteiger partial charge < -0.3 is 15.1 Å². The van der Waals surface area contributed by atoms with Gasteiger partial charge in [0, 0.05) is 25.2 Å². The lowest BCUT2D eigenvalue weighted by Gasteiger charge is -2.27. The predicted molar refractivity (Wildman–Crippen MR) is 112 cm³/mol. The van der Waals surface area contributed by atoms with Gasteiger partial charge >= 0.3 is 6.03 Å². The zero-order valence-corrected chi connectivity index (χ0v) is 17.1. The van der Waals surface area contributed by atoms with Crippen LogP contribution in [-0.4, -0.2) is 57.6 Å². The van der Waals surface area contributed by atoms with Crippen LogP contribution in [0.25, 0.3) is 5.65 Å². The van der Waals surface area contributed by atoms with Crippen LogP contribution in [0.5, 0.6) is 0 Å². The lowest BCUT2D eigenvalue weighted by molar-refractivity contribution is -0.123. The standard InChI is InChI=1S/C21H21F2N7O2/c22-13-3-4-15(23)14(10-13)16-2-1-8-29(16)18-6-5-17-25-11-19(30(17)27-18)26-21(32)28-9-7-24-20(31)12-28/h3-6,10-11,16H,1-2,7-9,12H2,(H,24,31)(H,26,32). The fourth-order valence-electron chi connectivity index (χ4n) is 4.24. The van der Waals surface area contributed by atoms with Crippen LogP contribution < -0.4 is 15.5 Å². The largest absolute Gasteiger partial charge is 0.353 e. The number of fused-ring (bicyclic) bond motifs is 1. The van der Waals surface area contributed by atoms with Crippen LogP contribution in [0.3, 0.4) is 0 Å². The van der Waals surface area contributed by atoms with E-state index in [4.69, 9.17) is 0 Å². The number of nitrogens with zero attached hydrogens (tertiary/aromatic N) is 5. The van der Waals surface area contributed by atoms with Gasteiger partial charge in [-0.1, -0.05) is 0 Å². The monoisotopic (exact) mass is 441 g/mol. The van der Waals surface area contributed by atoms with Crippen molar-refractivity contribution in [1.29, 1.82) is 0 Å². The van der Waals surface area contributed by atoms with E-state index in [-0.39, 0.29) is 18.5 Å². The minimum Gasteiger partial charge on any atom is -0.353 e. The molecule has 5 rings (SSSR count). The first-order chi connectivity index (χ1) is 15.5. The summed E-state index contributed by atoms with van der Waals surface area (Å²) in [6, 6.07) is 6.24. The van der Waals surface area contributed by atoms with Crippen molar-refractivity contribution >= 4 is 29.2 Å². The van der Waals surface area contributed by atoms with Crippen molar-refractivity contribution in [2.24, 2.45) is 0 Å². The van der Waals surface area contributed by atoms with Gasteiger partial charge in [-0.05, 0) is 43.2 Å². The normalized spacial score (nSPS) is 18.8. The van der Waals surface area contributed by atoms with E-state index in [9.17, 15) is 18.4 Å². The maximum atomic E-state index is 14.4. The number of piperazine rings is 1. The van der Waals surface area contributed by atoms with E-state index < -0.39 is 17.7 Å². The Balaban J connectivity index is 1.42.